The highest BCUT2D eigenvalue weighted by molar-refractivity contribution is 9.10. The van der Waals surface area contributed by atoms with Gasteiger partial charge in [-0.15, -0.1) is 10.2 Å². The molecule has 1 aliphatic heterocycles. The Morgan fingerprint density at radius 2 is 2.22 bits per heavy atom. The highest BCUT2D eigenvalue weighted by atomic mass is 79.9. The maximum atomic E-state index is 6.24. The van der Waals surface area contributed by atoms with E-state index in [1.165, 1.54) is 0 Å². The maximum Gasteiger partial charge on any atom is 0.147 e. The number of fused-ring (bicyclic) bond motifs is 1. The van der Waals surface area contributed by atoms with E-state index in [0.29, 0.717) is 0 Å². The number of halogens is 2. The van der Waals surface area contributed by atoms with Gasteiger partial charge in [-0.2, -0.15) is 0 Å². The number of rotatable bonds is 2. The fraction of sp³-hybridized carbons (Fsp3) is 0.333. The summed E-state index contributed by atoms with van der Waals surface area (Å²) in [6.45, 7) is 3.61. The summed E-state index contributed by atoms with van der Waals surface area (Å²) in [6, 6.07) is 6.02. The van der Waals surface area contributed by atoms with Crippen molar-refractivity contribution >= 4 is 27.5 Å². The Labute approximate surface area is 119 Å². The second-order valence-corrected chi connectivity index (χ2v) is 5.71. The van der Waals surface area contributed by atoms with Crippen molar-refractivity contribution in [3.05, 3.63) is 45.4 Å². The molecule has 6 heteroatoms. The molecule has 3 rings (SSSR count). The van der Waals surface area contributed by atoms with Gasteiger partial charge in [0.1, 0.15) is 12.2 Å². The van der Waals surface area contributed by atoms with Crippen LogP contribution in [0.15, 0.2) is 29.0 Å². The Balaban J connectivity index is 1.74. The van der Waals surface area contributed by atoms with Crippen LogP contribution in [0.2, 0.25) is 5.02 Å². The van der Waals surface area contributed by atoms with Gasteiger partial charge < -0.3 is 4.57 Å². The van der Waals surface area contributed by atoms with Crippen LogP contribution in [0, 0.1) is 0 Å². The standard InChI is InChI=1S/C12H12BrClN4/c13-10-2-1-9(11(14)5-10)6-17-3-4-18-8-15-16-12(18)7-17/h1-2,5,8H,3-4,6-7H2. The molecule has 94 valence electrons. The highest BCUT2D eigenvalue weighted by Crippen LogP contribution is 2.23. The summed E-state index contributed by atoms with van der Waals surface area (Å²) in [6.07, 6.45) is 1.79. The number of nitrogens with zero attached hydrogens (tertiary/aromatic N) is 4. The monoisotopic (exact) mass is 326 g/mol. The van der Waals surface area contributed by atoms with E-state index in [9.17, 15) is 0 Å². The smallest absolute Gasteiger partial charge is 0.147 e. The molecule has 0 N–H and O–H groups in total. The summed E-state index contributed by atoms with van der Waals surface area (Å²) in [4.78, 5) is 2.33. The zero-order valence-corrected chi connectivity index (χ0v) is 12.0. The van der Waals surface area contributed by atoms with E-state index >= 15 is 0 Å². The minimum Gasteiger partial charge on any atom is -0.315 e. The van der Waals surface area contributed by atoms with Crippen LogP contribution in [0.3, 0.4) is 0 Å². The van der Waals surface area contributed by atoms with Gasteiger partial charge in [-0.3, -0.25) is 4.90 Å². The summed E-state index contributed by atoms with van der Waals surface area (Å²) in [5.41, 5.74) is 1.15. The van der Waals surface area contributed by atoms with Crippen LogP contribution in [0.4, 0.5) is 0 Å². The Morgan fingerprint density at radius 3 is 3.06 bits per heavy atom. The first-order valence-corrected chi connectivity index (χ1v) is 6.92. The van der Waals surface area contributed by atoms with E-state index in [2.05, 4.69) is 41.7 Å². The van der Waals surface area contributed by atoms with Crippen molar-refractivity contribution in [1.82, 2.24) is 19.7 Å². The van der Waals surface area contributed by atoms with Crippen LogP contribution >= 0.6 is 27.5 Å². The van der Waals surface area contributed by atoms with Crippen LogP contribution in [0.1, 0.15) is 11.4 Å². The molecule has 0 saturated heterocycles. The van der Waals surface area contributed by atoms with Crippen molar-refractivity contribution in [1.29, 1.82) is 0 Å². The van der Waals surface area contributed by atoms with E-state index in [0.717, 1.165) is 47.1 Å². The number of aromatic nitrogens is 3. The molecule has 0 radical (unpaired) electrons. The molecule has 0 atom stereocenters. The molecule has 1 aliphatic rings. The summed E-state index contributed by atoms with van der Waals surface area (Å²) < 4.78 is 3.11. The Morgan fingerprint density at radius 1 is 1.33 bits per heavy atom. The van der Waals surface area contributed by atoms with Crippen LogP contribution in [0.25, 0.3) is 0 Å². The molecule has 0 bridgehead atoms. The van der Waals surface area contributed by atoms with Crippen molar-refractivity contribution in [3.8, 4) is 0 Å². The van der Waals surface area contributed by atoms with Gasteiger partial charge in [0, 0.05) is 29.1 Å². The summed E-state index contributed by atoms with van der Waals surface area (Å²) >= 11 is 9.66. The number of benzene rings is 1. The van der Waals surface area contributed by atoms with E-state index in [1.807, 2.05) is 12.1 Å². The molecule has 1 aromatic carbocycles. The molecular formula is C12H12BrClN4. The lowest BCUT2D eigenvalue weighted by molar-refractivity contribution is 0.209. The Kier molecular flexibility index (Phi) is 3.37. The predicted molar refractivity (Wildman–Crippen MR) is 73.3 cm³/mol. The average molecular weight is 328 g/mol. The van der Waals surface area contributed by atoms with E-state index in [-0.39, 0.29) is 0 Å². The van der Waals surface area contributed by atoms with Gasteiger partial charge in [-0.05, 0) is 17.7 Å². The van der Waals surface area contributed by atoms with Gasteiger partial charge in [0.25, 0.3) is 0 Å². The van der Waals surface area contributed by atoms with E-state index < -0.39 is 0 Å². The predicted octanol–water partition coefficient (Wildman–Crippen LogP) is 2.71. The zero-order chi connectivity index (χ0) is 12.5. The highest BCUT2D eigenvalue weighted by Gasteiger charge is 2.18. The number of hydrogen-bond donors (Lipinski definition) is 0. The van der Waals surface area contributed by atoms with Crippen LogP contribution in [-0.2, 0) is 19.6 Å². The molecule has 0 saturated carbocycles. The topological polar surface area (TPSA) is 34.0 Å². The average Bonchev–Trinajstić information content (AvgIpc) is 2.80. The maximum absolute atomic E-state index is 6.24. The second-order valence-electron chi connectivity index (χ2n) is 4.39. The first kappa shape index (κ1) is 12.1. The Bertz CT molecular complexity index is 569. The van der Waals surface area contributed by atoms with E-state index in [4.69, 9.17) is 11.6 Å². The minimum absolute atomic E-state index is 0.802. The quantitative estimate of drug-likeness (QED) is 0.850. The fourth-order valence-corrected chi connectivity index (χ4v) is 2.88. The summed E-state index contributed by atoms with van der Waals surface area (Å²) in [7, 11) is 0. The summed E-state index contributed by atoms with van der Waals surface area (Å²) in [5.74, 6) is 1.02. The first-order valence-electron chi connectivity index (χ1n) is 5.75. The molecular weight excluding hydrogens is 316 g/mol. The van der Waals surface area contributed by atoms with Gasteiger partial charge in [0.15, 0.2) is 0 Å². The molecule has 0 unspecified atom stereocenters. The molecule has 0 fully saturated rings. The lowest BCUT2D eigenvalue weighted by Crippen LogP contribution is -2.33. The normalized spacial score (nSPS) is 15.7. The van der Waals surface area contributed by atoms with Crippen molar-refractivity contribution in [2.24, 2.45) is 0 Å². The van der Waals surface area contributed by atoms with Crippen LogP contribution < -0.4 is 0 Å². The lowest BCUT2D eigenvalue weighted by atomic mass is 10.2. The Hall–Kier alpha value is -0.910. The van der Waals surface area contributed by atoms with Crippen molar-refractivity contribution in [2.45, 2.75) is 19.6 Å². The molecule has 0 aliphatic carbocycles. The van der Waals surface area contributed by atoms with Gasteiger partial charge >= 0.3 is 0 Å². The molecule has 2 heterocycles. The van der Waals surface area contributed by atoms with Crippen LogP contribution in [-0.4, -0.2) is 26.2 Å². The van der Waals surface area contributed by atoms with Gasteiger partial charge in [-0.1, -0.05) is 33.6 Å². The third-order valence-corrected chi connectivity index (χ3v) is 3.97. The molecule has 0 spiro atoms. The van der Waals surface area contributed by atoms with Gasteiger partial charge in [-0.25, -0.2) is 0 Å². The van der Waals surface area contributed by atoms with Crippen molar-refractivity contribution < 1.29 is 0 Å². The van der Waals surface area contributed by atoms with Gasteiger partial charge in [0.05, 0.1) is 6.54 Å². The summed E-state index contributed by atoms with van der Waals surface area (Å²) in [5, 5.41) is 8.85. The third kappa shape index (κ3) is 2.43. The second kappa shape index (κ2) is 4.99. The van der Waals surface area contributed by atoms with Crippen molar-refractivity contribution in [3.63, 3.8) is 0 Å². The third-order valence-electron chi connectivity index (χ3n) is 3.13. The molecule has 4 nitrogen and oxygen atoms in total. The first-order chi connectivity index (χ1) is 8.72. The lowest BCUT2D eigenvalue weighted by Gasteiger charge is -2.27. The van der Waals surface area contributed by atoms with Crippen molar-refractivity contribution in [2.75, 3.05) is 6.54 Å². The fourth-order valence-electron chi connectivity index (χ4n) is 2.14. The SMILES string of the molecule is Clc1cc(Br)ccc1CN1CCn2cnnc2C1. The number of hydrogen-bond acceptors (Lipinski definition) is 3. The molecule has 18 heavy (non-hydrogen) atoms. The minimum atomic E-state index is 0.802. The molecule has 1 aromatic heterocycles. The van der Waals surface area contributed by atoms with E-state index in [1.54, 1.807) is 6.33 Å². The molecule has 2 aromatic rings. The molecule has 0 amide bonds. The van der Waals surface area contributed by atoms with Crippen LogP contribution in [0.5, 0.6) is 0 Å². The van der Waals surface area contributed by atoms with Gasteiger partial charge in [0.2, 0.25) is 0 Å². The zero-order valence-electron chi connectivity index (χ0n) is 9.68. The largest absolute Gasteiger partial charge is 0.315 e.